The van der Waals surface area contributed by atoms with Gasteiger partial charge in [0.05, 0.1) is 24.3 Å². The quantitative estimate of drug-likeness (QED) is 0.194. The summed E-state index contributed by atoms with van der Waals surface area (Å²) in [7, 11) is 0. The molecule has 2 aliphatic heterocycles. The van der Waals surface area contributed by atoms with Gasteiger partial charge in [0.2, 0.25) is 0 Å². The zero-order valence-corrected chi connectivity index (χ0v) is 19.6. The van der Waals surface area contributed by atoms with Gasteiger partial charge in [-0.05, 0) is 24.3 Å². The predicted molar refractivity (Wildman–Crippen MR) is 126 cm³/mol. The van der Waals surface area contributed by atoms with Crippen molar-refractivity contribution in [2.24, 2.45) is 0 Å². The van der Waals surface area contributed by atoms with Gasteiger partial charge >= 0.3 is 0 Å². The molecule has 0 spiro atoms. The third-order valence-electron chi connectivity index (χ3n) is 6.92. The molecule has 13 nitrogen and oxygen atoms in total. The van der Waals surface area contributed by atoms with Crippen LogP contribution < -0.4 is 5.43 Å². The van der Waals surface area contributed by atoms with Crippen LogP contribution in [0.25, 0.3) is 22.3 Å². The van der Waals surface area contributed by atoms with Crippen molar-refractivity contribution >= 4 is 11.0 Å². The Kier molecular flexibility index (Phi) is 6.79. The molecule has 0 bridgehead atoms. The fourth-order valence-corrected chi connectivity index (χ4v) is 4.83. The number of hydrogen-bond acceptors (Lipinski definition) is 13. The fraction of sp³-hybridized carbons (Fsp3) is 0.400. The zero-order valence-electron chi connectivity index (χ0n) is 19.6. The highest BCUT2D eigenvalue weighted by molar-refractivity contribution is 5.91. The van der Waals surface area contributed by atoms with E-state index in [0.29, 0.717) is 5.56 Å². The van der Waals surface area contributed by atoms with Gasteiger partial charge < -0.3 is 59.8 Å². The van der Waals surface area contributed by atoms with Crippen LogP contribution in [-0.2, 0) is 9.47 Å². The van der Waals surface area contributed by atoms with Crippen molar-refractivity contribution in [1.82, 2.24) is 0 Å². The van der Waals surface area contributed by atoms with Crippen LogP contribution in [0.5, 0.6) is 17.2 Å². The van der Waals surface area contributed by atoms with Crippen LogP contribution >= 0.6 is 0 Å². The Bertz CT molecular complexity index is 1400. The minimum absolute atomic E-state index is 0.0475. The molecule has 5 rings (SSSR count). The number of fused-ring (bicyclic) bond motifs is 1. The highest BCUT2D eigenvalue weighted by Crippen LogP contribution is 2.50. The largest absolute Gasteiger partial charge is 0.508 e. The smallest absolute Gasteiger partial charge is 0.197 e. The average Bonchev–Trinajstić information content (AvgIpc) is 2.88. The van der Waals surface area contributed by atoms with E-state index in [-0.39, 0.29) is 11.5 Å². The van der Waals surface area contributed by atoms with Gasteiger partial charge in [-0.15, -0.1) is 0 Å². The molecule has 8 atom stereocenters. The van der Waals surface area contributed by atoms with E-state index in [1.165, 1.54) is 24.3 Å². The van der Waals surface area contributed by atoms with Crippen LogP contribution in [0.2, 0.25) is 0 Å². The third kappa shape index (κ3) is 4.19. The summed E-state index contributed by atoms with van der Waals surface area (Å²) in [4.78, 5) is 13.3. The van der Waals surface area contributed by atoms with Crippen molar-refractivity contribution in [3.05, 3.63) is 51.7 Å². The Labute approximate surface area is 213 Å². The molecule has 0 unspecified atom stereocenters. The molecular weight excluding hydrogens is 508 g/mol. The number of phenolic OH excluding ortho intramolecular Hbond substituents is 3. The van der Waals surface area contributed by atoms with Crippen LogP contribution in [-0.4, -0.2) is 95.8 Å². The first-order chi connectivity index (χ1) is 18.0. The number of aromatic hydroxyl groups is 3. The van der Waals surface area contributed by atoms with Crippen molar-refractivity contribution in [3.8, 4) is 28.6 Å². The predicted octanol–water partition coefficient (Wildman–Crippen LogP) is -1.12. The van der Waals surface area contributed by atoms with Gasteiger partial charge in [-0.25, -0.2) is 0 Å². The SMILES string of the molecule is O=c1cc(-c2ccc(O)cc2)oc2c([C@H]3OC[C@@H](O)[C@@H](O)[C@@H]3O)c(O)c([C@H]3OC[C@@H](O)[C@@H](O)[C@@H]3O)c(O)c12. The highest BCUT2D eigenvalue weighted by atomic mass is 16.5. The summed E-state index contributed by atoms with van der Waals surface area (Å²) in [5.41, 5.74) is -1.86. The van der Waals surface area contributed by atoms with E-state index in [2.05, 4.69) is 0 Å². The number of benzene rings is 2. The Hall–Kier alpha value is -3.27. The molecule has 38 heavy (non-hydrogen) atoms. The van der Waals surface area contributed by atoms with Crippen molar-refractivity contribution < 1.29 is 59.8 Å². The second kappa shape index (κ2) is 9.80. The topological polar surface area (TPSA) is 231 Å². The van der Waals surface area contributed by atoms with Gasteiger partial charge in [0, 0.05) is 11.6 Å². The summed E-state index contributed by atoms with van der Waals surface area (Å²) < 4.78 is 16.8. The number of ether oxygens (including phenoxy) is 2. The normalized spacial score (nSPS) is 31.9. The van der Waals surface area contributed by atoms with Gasteiger partial charge in [-0.2, -0.15) is 0 Å². The molecule has 9 N–H and O–H groups in total. The zero-order chi connectivity index (χ0) is 27.5. The lowest BCUT2D eigenvalue weighted by molar-refractivity contribution is -0.191. The Morgan fingerprint density at radius 1 is 0.684 bits per heavy atom. The molecule has 0 radical (unpaired) electrons. The van der Waals surface area contributed by atoms with Gasteiger partial charge in [0.25, 0.3) is 0 Å². The molecule has 3 heterocycles. The number of aliphatic hydroxyl groups is 6. The van der Waals surface area contributed by atoms with E-state index in [0.717, 1.165) is 6.07 Å². The lowest BCUT2D eigenvalue weighted by atomic mass is 9.87. The number of hydrogen-bond donors (Lipinski definition) is 9. The van der Waals surface area contributed by atoms with E-state index in [1.807, 2.05) is 0 Å². The first-order valence-corrected chi connectivity index (χ1v) is 11.7. The highest BCUT2D eigenvalue weighted by Gasteiger charge is 2.46. The minimum atomic E-state index is -1.85. The van der Waals surface area contributed by atoms with E-state index in [9.17, 15) is 50.8 Å². The van der Waals surface area contributed by atoms with Gasteiger partial charge in [0.1, 0.15) is 77.2 Å². The summed E-state index contributed by atoms with van der Waals surface area (Å²) in [5, 5.41) is 93.1. The molecule has 13 heteroatoms. The Morgan fingerprint density at radius 2 is 1.21 bits per heavy atom. The maximum absolute atomic E-state index is 13.3. The molecule has 1 aromatic heterocycles. The molecule has 2 aromatic carbocycles. The van der Waals surface area contributed by atoms with Gasteiger partial charge in [-0.3, -0.25) is 4.79 Å². The summed E-state index contributed by atoms with van der Waals surface area (Å²) in [6.45, 7) is -0.966. The van der Waals surface area contributed by atoms with Crippen molar-refractivity contribution in [2.75, 3.05) is 13.2 Å². The molecule has 2 saturated heterocycles. The Morgan fingerprint density at radius 3 is 1.76 bits per heavy atom. The maximum Gasteiger partial charge on any atom is 0.197 e. The number of rotatable bonds is 3. The summed E-state index contributed by atoms with van der Waals surface area (Å²) in [6.07, 6.45) is -13.3. The number of phenols is 3. The summed E-state index contributed by atoms with van der Waals surface area (Å²) >= 11 is 0. The van der Waals surface area contributed by atoms with Crippen LogP contribution in [0.3, 0.4) is 0 Å². The minimum Gasteiger partial charge on any atom is -0.508 e. The monoisotopic (exact) mass is 534 g/mol. The number of aliphatic hydroxyl groups excluding tert-OH is 6. The lowest BCUT2D eigenvalue weighted by Gasteiger charge is -2.38. The maximum atomic E-state index is 13.3. The van der Waals surface area contributed by atoms with E-state index < -0.39 is 101 Å². The third-order valence-corrected chi connectivity index (χ3v) is 6.92. The first-order valence-electron chi connectivity index (χ1n) is 11.7. The van der Waals surface area contributed by atoms with Crippen LogP contribution in [0, 0.1) is 0 Å². The van der Waals surface area contributed by atoms with Crippen molar-refractivity contribution in [3.63, 3.8) is 0 Å². The molecule has 3 aromatic rings. The second-order valence-electron chi connectivity index (χ2n) is 9.36. The lowest BCUT2D eigenvalue weighted by Crippen LogP contribution is -2.49. The van der Waals surface area contributed by atoms with Crippen LogP contribution in [0.4, 0.5) is 0 Å². The summed E-state index contributed by atoms with van der Waals surface area (Å²) in [6, 6.07) is 6.60. The van der Waals surface area contributed by atoms with Crippen molar-refractivity contribution in [2.45, 2.75) is 48.8 Å². The van der Waals surface area contributed by atoms with Gasteiger partial charge in [-0.1, -0.05) is 0 Å². The average molecular weight is 534 g/mol. The van der Waals surface area contributed by atoms with E-state index in [1.54, 1.807) is 0 Å². The molecule has 0 aliphatic carbocycles. The van der Waals surface area contributed by atoms with E-state index >= 15 is 0 Å². The Balaban J connectivity index is 1.80. The first kappa shape index (κ1) is 26.3. The standard InChI is InChI=1S/C25H26O13/c26-9-3-1-8(2-4-9)13-5-10(27)14-19(32)15(24-21(34)17(30)11(28)6-36-24)20(33)16(23(14)38-13)25-22(35)18(31)12(29)7-37-25/h1-5,11-12,17-18,21-22,24-26,28-35H,6-7H2/t11-,12-,17-,18-,21+,22+,24-,25-/m1/s1. The van der Waals surface area contributed by atoms with Gasteiger partial charge in [0.15, 0.2) is 11.0 Å². The van der Waals surface area contributed by atoms with Crippen LogP contribution in [0.15, 0.2) is 39.5 Å². The molecular formula is C25H26O13. The summed E-state index contributed by atoms with van der Waals surface area (Å²) in [5.74, 6) is -1.80. The van der Waals surface area contributed by atoms with Crippen LogP contribution in [0.1, 0.15) is 23.3 Å². The second-order valence-corrected chi connectivity index (χ2v) is 9.36. The molecule has 204 valence electrons. The molecule has 2 aliphatic rings. The van der Waals surface area contributed by atoms with E-state index in [4.69, 9.17) is 13.9 Å². The molecule has 2 fully saturated rings. The van der Waals surface area contributed by atoms with Crippen molar-refractivity contribution in [1.29, 1.82) is 0 Å². The molecule has 0 saturated carbocycles. The fourth-order valence-electron chi connectivity index (χ4n) is 4.83. The molecule has 0 amide bonds.